The maximum Gasteiger partial charge on any atom is 0.156 e. The highest BCUT2D eigenvalue weighted by Crippen LogP contribution is 2.34. The van der Waals surface area contributed by atoms with Crippen LogP contribution in [0.15, 0.2) is 9.24 Å². The third-order valence-electron chi connectivity index (χ3n) is 0.599. The maximum atomic E-state index is 4.00. The van der Waals surface area contributed by atoms with Gasteiger partial charge in [0.05, 0.1) is 0 Å². The molecule has 0 aliphatic heterocycles. The number of hydrogen-bond donors (Lipinski definition) is 2. The summed E-state index contributed by atoms with van der Waals surface area (Å²) >= 11 is 9.30. The van der Waals surface area contributed by atoms with Crippen molar-refractivity contribution in [1.82, 2.24) is 9.59 Å². The predicted octanol–water partition coefficient (Wildman–Crippen LogP) is 2.41. The van der Waals surface area contributed by atoms with Crippen molar-refractivity contribution in [3.63, 3.8) is 0 Å². The summed E-state index contributed by atoms with van der Waals surface area (Å²) in [6.07, 6.45) is 0. The summed E-state index contributed by atoms with van der Waals surface area (Å²) in [5.74, 6) is 0. The van der Waals surface area contributed by atoms with E-state index in [1.54, 1.807) is 0 Å². The minimum atomic E-state index is 0.836. The Morgan fingerprint density at radius 1 is 1.33 bits per heavy atom. The number of rotatable bonds is 2. The van der Waals surface area contributed by atoms with Crippen LogP contribution in [0.5, 0.6) is 0 Å². The first-order chi connectivity index (χ1) is 4.38. The zero-order valence-electron chi connectivity index (χ0n) is 4.01. The Hall–Kier alpha value is 0.960. The maximum absolute atomic E-state index is 4.00. The quantitative estimate of drug-likeness (QED) is 0.584. The number of hydrogen-bond acceptors (Lipinski definition) is 7. The molecule has 2 nitrogen and oxygen atoms in total. The van der Waals surface area contributed by atoms with Crippen LogP contribution in [0.1, 0.15) is 0 Å². The first kappa shape index (κ1) is 8.06. The lowest BCUT2D eigenvalue weighted by Crippen LogP contribution is -1.66. The third kappa shape index (κ3) is 1.94. The summed E-state index contributed by atoms with van der Waals surface area (Å²) in [5.41, 5.74) is 0. The fourth-order valence-electron chi connectivity index (χ4n) is 0.286. The van der Waals surface area contributed by atoms with E-state index in [2.05, 4.69) is 32.9 Å². The van der Waals surface area contributed by atoms with Gasteiger partial charge in [-0.15, -0.1) is 28.4 Å². The van der Waals surface area contributed by atoms with E-state index in [0.717, 1.165) is 9.24 Å². The minimum absolute atomic E-state index is 0.836. The van der Waals surface area contributed by atoms with Gasteiger partial charge < -0.3 is 0 Å². The van der Waals surface area contributed by atoms with E-state index in [1.807, 2.05) is 0 Å². The van der Waals surface area contributed by atoms with Crippen LogP contribution in [0.4, 0.5) is 0 Å². The zero-order valence-corrected chi connectivity index (χ0v) is 8.25. The molecule has 7 heteroatoms. The zero-order chi connectivity index (χ0) is 6.69. The van der Waals surface area contributed by atoms with Gasteiger partial charge in [0.15, 0.2) is 5.03 Å². The van der Waals surface area contributed by atoms with E-state index in [-0.39, 0.29) is 0 Å². The van der Waals surface area contributed by atoms with E-state index in [4.69, 9.17) is 0 Å². The molecule has 0 aromatic carbocycles. The standard InChI is InChI=1S/C2H2N2S5/c5-8-1-2(9-6)7-4-3-1/h5-6H. The average molecular weight is 214 g/mol. The predicted molar refractivity (Wildman–Crippen MR) is 49.6 cm³/mol. The summed E-state index contributed by atoms with van der Waals surface area (Å²) in [7, 11) is 2.63. The molecule has 0 fully saturated rings. The molecule has 0 aliphatic carbocycles. The molecule has 1 rings (SSSR count). The van der Waals surface area contributed by atoms with E-state index in [0.29, 0.717) is 0 Å². The first-order valence-electron chi connectivity index (χ1n) is 1.83. The van der Waals surface area contributed by atoms with E-state index < -0.39 is 0 Å². The molecule has 0 amide bonds. The van der Waals surface area contributed by atoms with Crippen molar-refractivity contribution in [2.75, 3.05) is 0 Å². The summed E-state index contributed by atoms with van der Waals surface area (Å²) < 4.78 is 4.71. The van der Waals surface area contributed by atoms with Gasteiger partial charge >= 0.3 is 0 Å². The van der Waals surface area contributed by atoms with E-state index in [9.17, 15) is 0 Å². The van der Waals surface area contributed by atoms with Crippen molar-refractivity contribution in [3.05, 3.63) is 0 Å². The Morgan fingerprint density at radius 2 is 2.11 bits per heavy atom. The summed E-state index contributed by atoms with van der Waals surface area (Å²) in [5, 5.41) is 4.63. The SMILES string of the molecule is SSc1nnsc1SS. The smallest absolute Gasteiger partial charge is 0.129 e. The van der Waals surface area contributed by atoms with Crippen LogP contribution in [-0.2, 0) is 0 Å². The fourth-order valence-corrected chi connectivity index (χ4v) is 3.14. The van der Waals surface area contributed by atoms with Gasteiger partial charge in [0.1, 0.15) is 4.21 Å². The highest BCUT2D eigenvalue weighted by Gasteiger charge is 2.04. The molecule has 1 aromatic rings. The lowest BCUT2D eigenvalue weighted by Gasteiger charge is -1.85. The van der Waals surface area contributed by atoms with Crippen molar-refractivity contribution in [1.29, 1.82) is 0 Å². The molecule has 1 aromatic heterocycles. The normalized spacial score (nSPS) is 10.0. The van der Waals surface area contributed by atoms with Gasteiger partial charge in [-0.05, 0) is 33.1 Å². The molecule has 0 atom stereocenters. The van der Waals surface area contributed by atoms with Gasteiger partial charge in [0, 0.05) is 0 Å². The highest BCUT2D eigenvalue weighted by atomic mass is 33.1. The van der Waals surface area contributed by atoms with Gasteiger partial charge in [0.2, 0.25) is 0 Å². The van der Waals surface area contributed by atoms with Gasteiger partial charge in [-0.1, -0.05) is 4.49 Å². The molecular formula is C2H2N2S5. The molecule has 0 aliphatic rings. The molecule has 0 spiro atoms. The van der Waals surface area contributed by atoms with Crippen molar-refractivity contribution in [2.24, 2.45) is 0 Å². The molecule has 50 valence electrons. The van der Waals surface area contributed by atoms with Crippen LogP contribution in [-0.4, -0.2) is 9.59 Å². The van der Waals surface area contributed by atoms with Crippen molar-refractivity contribution in [2.45, 2.75) is 9.24 Å². The van der Waals surface area contributed by atoms with E-state index in [1.165, 1.54) is 33.1 Å². The van der Waals surface area contributed by atoms with Crippen molar-refractivity contribution in [3.8, 4) is 0 Å². The Bertz CT molecular complexity index is 166. The van der Waals surface area contributed by atoms with E-state index >= 15 is 0 Å². The van der Waals surface area contributed by atoms with Gasteiger partial charge in [-0.2, -0.15) is 0 Å². The molecule has 0 bridgehead atoms. The minimum Gasteiger partial charge on any atom is -0.129 e. The third-order valence-corrected chi connectivity index (χ3v) is 4.11. The number of nitrogens with zero attached hydrogens (tertiary/aromatic N) is 2. The largest absolute Gasteiger partial charge is 0.156 e. The summed E-state index contributed by atoms with van der Waals surface area (Å²) in [4.78, 5) is 0. The first-order valence-corrected chi connectivity index (χ1v) is 6.34. The highest BCUT2D eigenvalue weighted by molar-refractivity contribution is 8.70. The lowest BCUT2D eigenvalue weighted by molar-refractivity contribution is 1.01. The Labute approximate surface area is 75.0 Å². The molecule has 0 N–H and O–H groups in total. The van der Waals surface area contributed by atoms with Crippen molar-refractivity contribution < 1.29 is 0 Å². The van der Waals surface area contributed by atoms with Crippen LogP contribution in [0, 0.1) is 0 Å². The summed E-state index contributed by atoms with van der Waals surface area (Å²) in [6.45, 7) is 0. The Kier molecular flexibility index (Phi) is 3.55. The molecule has 0 radical (unpaired) electrons. The number of aromatic nitrogens is 2. The summed E-state index contributed by atoms with van der Waals surface area (Å²) in [6, 6.07) is 0. The molecule has 0 saturated carbocycles. The van der Waals surface area contributed by atoms with Crippen LogP contribution >= 0.6 is 56.4 Å². The fraction of sp³-hybridized carbons (Fsp3) is 0. The topological polar surface area (TPSA) is 25.8 Å². The second kappa shape index (κ2) is 3.97. The number of thiol groups is 2. The van der Waals surface area contributed by atoms with Crippen LogP contribution in [0.3, 0.4) is 0 Å². The van der Waals surface area contributed by atoms with Crippen LogP contribution in [0.2, 0.25) is 0 Å². The Morgan fingerprint density at radius 3 is 2.56 bits per heavy atom. The molecule has 9 heavy (non-hydrogen) atoms. The van der Waals surface area contributed by atoms with Crippen LogP contribution in [0.25, 0.3) is 0 Å². The Balaban J connectivity index is 2.85. The van der Waals surface area contributed by atoms with Gasteiger partial charge in [-0.3, -0.25) is 0 Å². The molecule has 0 saturated heterocycles. The molecule has 1 heterocycles. The lowest BCUT2D eigenvalue weighted by atomic mass is 11.0. The average Bonchev–Trinajstić information content (AvgIpc) is 2.33. The van der Waals surface area contributed by atoms with Gasteiger partial charge in [0.25, 0.3) is 0 Å². The van der Waals surface area contributed by atoms with Crippen molar-refractivity contribution >= 4 is 56.4 Å². The second-order valence-electron chi connectivity index (χ2n) is 1.05. The van der Waals surface area contributed by atoms with Crippen LogP contribution < -0.4 is 0 Å². The van der Waals surface area contributed by atoms with Gasteiger partial charge in [-0.25, -0.2) is 0 Å². The monoisotopic (exact) mass is 214 g/mol. The molecular weight excluding hydrogens is 212 g/mol. The molecule has 0 unspecified atom stereocenters. The second-order valence-corrected chi connectivity index (χ2v) is 4.32.